The van der Waals surface area contributed by atoms with E-state index >= 15 is 0 Å². The largest absolute Gasteiger partial charge is 0.243 e. The van der Waals surface area contributed by atoms with Gasteiger partial charge in [0.25, 0.3) is 0 Å². The number of nitrogens with zero attached hydrogens (tertiary/aromatic N) is 1. The van der Waals surface area contributed by atoms with Crippen molar-refractivity contribution in [3.8, 4) is 0 Å². The van der Waals surface area contributed by atoms with Gasteiger partial charge in [-0.3, -0.25) is 0 Å². The van der Waals surface area contributed by atoms with Crippen LogP contribution >= 0.6 is 0 Å². The average Bonchev–Trinajstić information content (AvgIpc) is 3.40. The van der Waals surface area contributed by atoms with Crippen molar-refractivity contribution >= 4 is 10.0 Å². The Labute approximate surface area is 141 Å². The van der Waals surface area contributed by atoms with E-state index in [2.05, 4.69) is 0 Å². The lowest BCUT2D eigenvalue weighted by molar-refractivity contribution is 0.303. The molecule has 3 nitrogen and oxygen atoms in total. The van der Waals surface area contributed by atoms with E-state index in [1.165, 1.54) is 4.31 Å². The first kappa shape index (κ1) is 17.0. The first-order chi connectivity index (χ1) is 11.4. The predicted molar refractivity (Wildman–Crippen MR) is 87.7 cm³/mol. The Morgan fingerprint density at radius 2 is 1.75 bits per heavy atom. The zero-order valence-corrected chi connectivity index (χ0v) is 14.1. The number of halogens is 2. The molecule has 0 aromatic heterocycles. The van der Waals surface area contributed by atoms with E-state index in [-0.39, 0.29) is 17.5 Å². The van der Waals surface area contributed by atoms with Crippen LogP contribution in [0, 0.1) is 17.6 Å². The molecule has 6 heteroatoms. The highest BCUT2D eigenvalue weighted by molar-refractivity contribution is 7.89. The fraction of sp³-hybridized carbons (Fsp3) is 0.333. The lowest BCUT2D eigenvalue weighted by Gasteiger charge is -2.28. The summed E-state index contributed by atoms with van der Waals surface area (Å²) in [5, 5.41) is 0. The summed E-state index contributed by atoms with van der Waals surface area (Å²) in [5.41, 5.74) is 0.858. The van der Waals surface area contributed by atoms with E-state index in [9.17, 15) is 17.2 Å². The van der Waals surface area contributed by atoms with Crippen molar-refractivity contribution in [3.63, 3.8) is 0 Å². The van der Waals surface area contributed by atoms with E-state index in [1.807, 2.05) is 37.3 Å². The lowest BCUT2D eigenvalue weighted by Crippen LogP contribution is -2.39. The minimum absolute atomic E-state index is 0.191. The Bertz CT molecular complexity index is 820. The molecule has 0 aliphatic heterocycles. The van der Waals surface area contributed by atoms with Gasteiger partial charge < -0.3 is 0 Å². The van der Waals surface area contributed by atoms with Gasteiger partial charge in [-0.15, -0.1) is 0 Å². The zero-order chi connectivity index (χ0) is 17.3. The second kappa shape index (κ2) is 6.61. The van der Waals surface area contributed by atoms with Crippen LogP contribution in [0.25, 0.3) is 0 Å². The molecule has 0 N–H and O–H groups in total. The summed E-state index contributed by atoms with van der Waals surface area (Å²) in [4.78, 5) is -0.218. The molecule has 0 heterocycles. The molecular weight excluding hydrogens is 332 g/mol. The topological polar surface area (TPSA) is 37.4 Å². The fourth-order valence-corrected chi connectivity index (χ4v) is 4.49. The lowest BCUT2D eigenvalue weighted by atomic mass is 10.2. The molecule has 24 heavy (non-hydrogen) atoms. The standard InChI is InChI=1S/C18H19F2NO2S/c1-13(15-7-8-15)21(12-14-5-3-2-4-6-14)24(22,23)16-9-10-17(19)18(20)11-16/h2-6,9-11,13,15H,7-8,12H2,1H3/t13-/m1/s1. The minimum Gasteiger partial charge on any atom is -0.207 e. The number of hydrogen-bond acceptors (Lipinski definition) is 2. The van der Waals surface area contributed by atoms with Crippen LogP contribution in [0.1, 0.15) is 25.3 Å². The van der Waals surface area contributed by atoms with Crippen LogP contribution in [0.2, 0.25) is 0 Å². The summed E-state index contributed by atoms with van der Waals surface area (Å²) in [5.74, 6) is -1.90. The third-order valence-corrected chi connectivity index (χ3v) is 6.37. The molecule has 128 valence electrons. The maximum atomic E-state index is 13.5. The maximum absolute atomic E-state index is 13.5. The SMILES string of the molecule is C[C@H](C1CC1)N(Cc1ccccc1)S(=O)(=O)c1ccc(F)c(F)c1. The fourth-order valence-electron chi connectivity index (χ4n) is 2.80. The number of sulfonamides is 1. The summed E-state index contributed by atoms with van der Waals surface area (Å²) >= 11 is 0. The van der Waals surface area contributed by atoms with Gasteiger partial charge in [-0.1, -0.05) is 30.3 Å². The monoisotopic (exact) mass is 351 g/mol. The van der Waals surface area contributed by atoms with Gasteiger partial charge in [0, 0.05) is 12.6 Å². The van der Waals surface area contributed by atoms with Crippen LogP contribution in [0.3, 0.4) is 0 Å². The highest BCUT2D eigenvalue weighted by Gasteiger charge is 2.38. The molecule has 0 spiro atoms. The van der Waals surface area contributed by atoms with Crippen LogP contribution in [-0.4, -0.2) is 18.8 Å². The number of rotatable bonds is 6. The van der Waals surface area contributed by atoms with E-state index in [0.717, 1.165) is 36.6 Å². The third-order valence-electron chi connectivity index (χ3n) is 4.44. The molecule has 1 fully saturated rings. The zero-order valence-electron chi connectivity index (χ0n) is 13.3. The maximum Gasteiger partial charge on any atom is 0.243 e. The minimum atomic E-state index is -3.92. The highest BCUT2D eigenvalue weighted by Crippen LogP contribution is 2.38. The molecule has 2 aromatic rings. The summed E-state index contributed by atoms with van der Waals surface area (Å²) in [7, 11) is -3.92. The van der Waals surface area contributed by atoms with Crippen LogP contribution in [-0.2, 0) is 16.6 Å². The molecule has 0 amide bonds. The van der Waals surface area contributed by atoms with Gasteiger partial charge >= 0.3 is 0 Å². The van der Waals surface area contributed by atoms with E-state index in [0.29, 0.717) is 5.92 Å². The van der Waals surface area contributed by atoms with Crippen molar-refractivity contribution in [2.45, 2.75) is 37.2 Å². The summed E-state index contributed by atoms with van der Waals surface area (Å²) in [6.07, 6.45) is 1.97. The van der Waals surface area contributed by atoms with Crippen molar-refractivity contribution in [2.24, 2.45) is 5.92 Å². The van der Waals surface area contributed by atoms with E-state index in [1.54, 1.807) is 0 Å². The first-order valence-corrected chi connectivity index (χ1v) is 9.34. The highest BCUT2D eigenvalue weighted by atomic mass is 32.2. The molecule has 0 radical (unpaired) electrons. The predicted octanol–water partition coefficient (Wildman–Crippen LogP) is 3.95. The molecule has 0 unspecified atom stereocenters. The Morgan fingerprint density at radius 3 is 2.33 bits per heavy atom. The molecule has 2 aromatic carbocycles. The Kier molecular flexibility index (Phi) is 4.69. The van der Waals surface area contributed by atoms with Crippen molar-refractivity contribution in [1.29, 1.82) is 0 Å². The normalized spacial score (nSPS) is 16.3. The number of benzene rings is 2. The first-order valence-electron chi connectivity index (χ1n) is 7.90. The van der Waals surface area contributed by atoms with Crippen molar-refractivity contribution in [3.05, 3.63) is 65.7 Å². The molecule has 1 saturated carbocycles. The third kappa shape index (κ3) is 3.49. The number of hydrogen-bond donors (Lipinski definition) is 0. The van der Waals surface area contributed by atoms with Crippen LogP contribution in [0.4, 0.5) is 8.78 Å². The molecule has 3 rings (SSSR count). The van der Waals surface area contributed by atoms with Gasteiger partial charge in [-0.05, 0) is 49.4 Å². The van der Waals surface area contributed by atoms with Gasteiger partial charge in [-0.25, -0.2) is 17.2 Å². The van der Waals surface area contributed by atoms with Gasteiger partial charge in [0.15, 0.2) is 11.6 Å². The van der Waals surface area contributed by atoms with E-state index < -0.39 is 21.7 Å². The van der Waals surface area contributed by atoms with Gasteiger partial charge in [0.1, 0.15) is 0 Å². The average molecular weight is 351 g/mol. The van der Waals surface area contributed by atoms with Crippen LogP contribution in [0.5, 0.6) is 0 Å². The Hall–Kier alpha value is -1.79. The molecule has 1 aliphatic carbocycles. The van der Waals surface area contributed by atoms with Gasteiger partial charge in [-0.2, -0.15) is 4.31 Å². The molecule has 0 bridgehead atoms. The molecular formula is C18H19F2NO2S. The summed E-state index contributed by atoms with van der Waals surface area (Å²) < 4.78 is 54.1. The second-order valence-corrected chi connectivity index (χ2v) is 8.08. The van der Waals surface area contributed by atoms with Crippen molar-refractivity contribution in [2.75, 3.05) is 0 Å². The summed E-state index contributed by atoms with van der Waals surface area (Å²) in [6.45, 7) is 2.08. The molecule has 1 atom stereocenters. The smallest absolute Gasteiger partial charge is 0.207 e. The van der Waals surface area contributed by atoms with E-state index in [4.69, 9.17) is 0 Å². The molecule has 0 saturated heterocycles. The Morgan fingerprint density at radius 1 is 1.08 bits per heavy atom. The van der Waals surface area contributed by atoms with Crippen molar-refractivity contribution < 1.29 is 17.2 Å². The quantitative estimate of drug-likeness (QED) is 0.790. The second-order valence-electron chi connectivity index (χ2n) is 6.19. The van der Waals surface area contributed by atoms with Crippen LogP contribution < -0.4 is 0 Å². The Balaban J connectivity index is 1.98. The van der Waals surface area contributed by atoms with Crippen molar-refractivity contribution in [1.82, 2.24) is 4.31 Å². The summed E-state index contributed by atoms with van der Waals surface area (Å²) in [6, 6.07) is 11.8. The van der Waals surface area contributed by atoms with Gasteiger partial charge in [0.2, 0.25) is 10.0 Å². The molecule has 1 aliphatic rings. The van der Waals surface area contributed by atoms with Gasteiger partial charge in [0.05, 0.1) is 4.90 Å². The van der Waals surface area contributed by atoms with Crippen LogP contribution in [0.15, 0.2) is 53.4 Å².